The molecule has 0 aliphatic rings. The third-order valence-electron chi connectivity index (χ3n) is 2.84. The van der Waals surface area contributed by atoms with E-state index < -0.39 is 0 Å². The van der Waals surface area contributed by atoms with Gasteiger partial charge in [0.25, 0.3) is 0 Å². The highest BCUT2D eigenvalue weighted by Gasteiger charge is 2.05. The van der Waals surface area contributed by atoms with Crippen LogP contribution in [0.15, 0.2) is 24.3 Å². The maximum absolute atomic E-state index is 5.85. The maximum atomic E-state index is 5.85. The normalized spacial score (nSPS) is 13.4. The molecule has 1 aromatic heterocycles. The van der Waals surface area contributed by atoms with Gasteiger partial charge in [-0.05, 0) is 36.9 Å². The monoisotopic (exact) mass is 188 g/mol. The molecule has 2 heteroatoms. The van der Waals surface area contributed by atoms with Gasteiger partial charge in [-0.15, -0.1) is 0 Å². The molecule has 2 nitrogen and oxygen atoms in total. The summed E-state index contributed by atoms with van der Waals surface area (Å²) in [6.07, 6.45) is 0. The highest BCUT2D eigenvalue weighted by molar-refractivity contribution is 5.82. The number of nitrogens with two attached hydrogens (primary N) is 1. The molecule has 0 saturated carbocycles. The lowest BCUT2D eigenvalue weighted by Crippen LogP contribution is -2.04. The van der Waals surface area contributed by atoms with Gasteiger partial charge in [-0.2, -0.15) is 0 Å². The average Bonchev–Trinajstić information content (AvgIpc) is 2.43. The molecule has 14 heavy (non-hydrogen) atoms. The molecule has 0 aliphatic carbocycles. The summed E-state index contributed by atoms with van der Waals surface area (Å²) in [5.41, 5.74) is 9.59. The van der Waals surface area contributed by atoms with Gasteiger partial charge in [-0.3, -0.25) is 0 Å². The molecule has 0 aliphatic heterocycles. The van der Waals surface area contributed by atoms with Gasteiger partial charge >= 0.3 is 0 Å². The highest BCUT2D eigenvalue weighted by atomic mass is 14.9. The van der Waals surface area contributed by atoms with Gasteiger partial charge in [-0.25, -0.2) is 0 Å². The molecule has 2 aromatic rings. The first-order valence-corrected chi connectivity index (χ1v) is 4.91. The fourth-order valence-electron chi connectivity index (χ4n) is 1.77. The average molecular weight is 188 g/mol. The Kier molecular flexibility index (Phi) is 2.08. The summed E-state index contributed by atoms with van der Waals surface area (Å²) in [4.78, 5) is 0. The second-order valence-electron chi connectivity index (χ2n) is 3.95. The third-order valence-corrected chi connectivity index (χ3v) is 2.84. The van der Waals surface area contributed by atoms with Crippen molar-refractivity contribution in [2.75, 3.05) is 0 Å². The number of aromatic nitrogens is 1. The minimum absolute atomic E-state index is 0.106. The van der Waals surface area contributed by atoms with Crippen molar-refractivity contribution in [3.63, 3.8) is 0 Å². The van der Waals surface area contributed by atoms with Crippen LogP contribution in [0.3, 0.4) is 0 Å². The zero-order valence-corrected chi connectivity index (χ0v) is 8.91. The van der Waals surface area contributed by atoms with Gasteiger partial charge in [0.05, 0.1) is 0 Å². The number of benzene rings is 1. The molecule has 0 fully saturated rings. The summed E-state index contributed by atoms with van der Waals surface area (Å²) in [5, 5.41) is 1.29. The zero-order chi connectivity index (χ0) is 10.3. The van der Waals surface area contributed by atoms with E-state index in [1.807, 2.05) is 6.92 Å². The van der Waals surface area contributed by atoms with Crippen LogP contribution in [0.1, 0.15) is 24.2 Å². The number of aryl methyl sites for hydroxylation is 2. The van der Waals surface area contributed by atoms with Crippen LogP contribution in [0.2, 0.25) is 0 Å². The van der Waals surface area contributed by atoms with Gasteiger partial charge in [-0.1, -0.05) is 12.1 Å². The lowest BCUT2D eigenvalue weighted by Gasteiger charge is -2.06. The number of hydrogen-bond acceptors (Lipinski definition) is 1. The molecule has 0 radical (unpaired) electrons. The van der Waals surface area contributed by atoms with Crippen LogP contribution in [-0.4, -0.2) is 4.57 Å². The molecule has 2 N–H and O–H groups in total. The molecule has 0 bridgehead atoms. The minimum Gasteiger partial charge on any atom is -0.348 e. The van der Waals surface area contributed by atoms with E-state index in [1.54, 1.807) is 0 Å². The lowest BCUT2D eigenvalue weighted by atomic mass is 10.1. The van der Waals surface area contributed by atoms with Crippen LogP contribution in [0.4, 0.5) is 0 Å². The zero-order valence-electron chi connectivity index (χ0n) is 8.91. The molecule has 0 saturated heterocycles. The number of nitrogens with zero attached hydrogens (tertiary/aromatic N) is 1. The first-order chi connectivity index (χ1) is 6.59. The van der Waals surface area contributed by atoms with Crippen molar-refractivity contribution < 1.29 is 0 Å². The van der Waals surface area contributed by atoms with Gasteiger partial charge in [0.2, 0.25) is 0 Å². The lowest BCUT2D eigenvalue weighted by molar-refractivity contribution is 0.817. The van der Waals surface area contributed by atoms with Crippen LogP contribution in [0.25, 0.3) is 10.9 Å². The molecule has 2 rings (SSSR count). The molecule has 1 atom stereocenters. The fourth-order valence-corrected chi connectivity index (χ4v) is 1.77. The molecule has 1 heterocycles. The van der Waals surface area contributed by atoms with Crippen LogP contribution < -0.4 is 5.73 Å². The van der Waals surface area contributed by atoms with Gasteiger partial charge in [0.15, 0.2) is 0 Å². The van der Waals surface area contributed by atoms with Crippen molar-refractivity contribution in [2.24, 2.45) is 12.8 Å². The van der Waals surface area contributed by atoms with Crippen LogP contribution >= 0.6 is 0 Å². The summed E-state index contributed by atoms with van der Waals surface area (Å²) in [5.74, 6) is 0. The Labute approximate surface area is 84.3 Å². The van der Waals surface area contributed by atoms with Gasteiger partial charge in [0.1, 0.15) is 0 Å². The molecule has 74 valence electrons. The molecule has 0 amide bonds. The minimum atomic E-state index is 0.106. The number of fused-ring (bicyclic) bond motifs is 1. The third kappa shape index (κ3) is 1.32. The standard InChI is InChI=1S/C12H16N2/c1-8-6-11-5-4-10(9(2)13)7-12(11)14(8)3/h4-7,9H,13H2,1-3H3. The first-order valence-electron chi connectivity index (χ1n) is 4.91. The molecular weight excluding hydrogens is 172 g/mol. The summed E-state index contributed by atoms with van der Waals surface area (Å²) in [7, 11) is 2.09. The van der Waals surface area contributed by atoms with Crippen molar-refractivity contribution in [1.29, 1.82) is 0 Å². The van der Waals surface area contributed by atoms with E-state index in [1.165, 1.54) is 22.2 Å². The van der Waals surface area contributed by atoms with Crippen LogP contribution in [0, 0.1) is 6.92 Å². The molecular formula is C12H16N2. The highest BCUT2D eigenvalue weighted by Crippen LogP contribution is 2.21. The SMILES string of the molecule is Cc1cc2ccc(C(C)N)cc2n1C. The predicted octanol–water partition coefficient (Wildman–Crippen LogP) is 2.51. The van der Waals surface area contributed by atoms with Crippen molar-refractivity contribution in [3.8, 4) is 0 Å². The summed E-state index contributed by atoms with van der Waals surface area (Å²) in [6, 6.07) is 8.72. The Morgan fingerprint density at radius 2 is 2.00 bits per heavy atom. The Morgan fingerprint density at radius 1 is 1.29 bits per heavy atom. The van der Waals surface area contributed by atoms with Crippen molar-refractivity contribution >= 4 is 10.9 Å². The largest absolute Gasteiger partial charge is 0.348 e. The van der Waals surface area contributed by atoms with Gasteiger partial charge in [0, 0.05) is 24.3 Å². The van der Waals surface area contributed by atoms with Crippen molar-refractivity contribution in [3.05, 3.63) is 35.5 Å². The van der Waals surface area contributed by atoms with Gasteiger partial charge < -0.3 is 10.3 Å². The van der Waals surface area contributed by atoms with E-state index in [0.717, 1.165) is 0 Å². The Hall–Kier alpha value is -1.28. The summed E-state index contributed by atoms with van der Waals surface area (Å²) < 4.78 is 2.20. The summed E-state index contributed by atoms with van der Waals surface area (Å²) in [6.45, 7) is 4.13. The van der Waals surface area contributed by atoms with E-state index in [9.17, 15) is 0 Å². The second kappa shape index (κ2) is 3.14. The van der Waals surface area contributed by atoms with Crippen LogP contribution in [-0.2, 0) is 7.05 Å². The second-order valence-corrected chi connectivity index (χ2v) is 3.95. The quantitative estimate of drug-likeness (QED) is 0.732. The Bertz CT molecular complexity index is 466. The first kappa shape index (κ1) is 9.28. The smallest absolute Gasteiger partial charge is 0.0483 e. The van der Waals surface area contributed by atoms with Crippen LogP contribution in [0.5, 0.6) is 0 Å². The topological polar surface area (TPSA) is 30.9 Å². The summed E-state index contributed by atoms with van der Waals surface area (Å²) >= 11 is 0. The van der Waals surface area contributed by atoms with Crippen molar-refractivity contribution in [1.82, 2.24) is 4.57 Å². The van der Waals surface area contributed by atoms with E-state index in [0.29, 0.717) is 0 Å². The van der Waals surface area contributed by atoms with E-state index >= 15 is 0 Å². The fraction of sp³-hybridized carbons (Fsp3) is 0.333. The molecule has 0 spiro atoms. The van der Waals surface area contributed by atoms with Crippen molar-refractivity contribution in [2.45, 2.75) is 19.9 Å². The number of hydrogen-bond donors (Lipinski definition) is 1. The predicted molar refractivity (Wildman–Crippen MR) is 60.3 cm³/mol. The maximum Gasteiger partial charge on any atom is 0.0483 e. The Morgan fingerprint density at radius 3 is 2.64 bits per heavy atom. The molecule has 1 unspecified atom stereocenters. The van der Waals surface area contributed by atoms with E-state index in [2.05, 4.69) is 42.8 Å². The van der Waals surface area contributed by atoms with E-state index in [4.69, 9.17) is 5.73 Å². The van der Waals surface area contributed by atoms with E-state index in [-0.39, 0.29) is 6.04 Å². The Balaban J connectivity index is 2.69. The molecule has 1 aromatic carbocycles. The number of rotatable bonds is 1.